The highest BCUT2D eigenvalue weighted by Gasteiger charge is 2.36. The number of carboxylic acids is 1. The highest BCUT2D eigenvalue weighted by Crippen LogP contribution is 2.38. The number of imide groups is 2. The molecule has 0 bridgehead atoms. The molecule has 0 aliphatic carbocycles. The van der Waals surface area contributed by atoms with Crippen LogP contribution in [-0.2, 0) is 16.2 Å². The van der Waals surface area contributed by atoms with Crippen LogP contribution in [0.1, 0.15) is 21.5 Å². The number of carboxylic acid groups (broad SMARTS) is 1. The van der Waals surface area contributed by atoms with Gasteiger partial charge in [-0.2, -0.15) is 0 Å². The van der Waals surface area contributed by atoms with Gasteiger partial charge in [0.1, 0.15) is 12.2 Å². The number of nitrogens with zero attached hydrogens (tertiary/aromatic N) is 1. The Hall–Kier alpha value is -4.34. The quantitative estimate of drug-likeness (QED) is 0.321. The van der Waals surface area contributed by atoms with Gasteiger partial charge in [0.15, 0.2) is 11.5 Å². The summed E-state index contributed by atoms with van der Waals surface area (Å²) in [5.41, 5.74) is 0.984. The number of rotatable bonds is 7. The molecule has 0 spiro atoms. The Balaban J connectivity index is 1.62. The number of amides is 4. The highest BCUT2D eigenvalue weighted by atomic mass is 35.5. The van der Waals surface area contributed by atoms with Crippen molar-refractivity contribution in [1.82, 2.24) is 5.32 Å². The van der Waals surface area contributed by atoms with Gasteiger partial charge >= 0.3 is 12.0 Å². The average Bonchev–Trinajstić information content (AvgIpc) is 2.86. The standard InChI is InChI=1S/C26H18Cl2N2O7/c1-36-21-12-15(11-20(28)22(21)37-13-14-3-2-4-16(9-14)25(33)34)10-19-23(31)29-26(35)30(24(19)32)18-7-5-17(27)6-8-18/h2-12H,13H2,1H3,(H,33,34)(H,29,31,35)/b19-10+. The first-order valence-corrected chi connectivity index (χ1v) is 11.4. The van der Waals surface area contributed by atoms with Crippen LogP contribution in [-0.4, -0.2) is 36.0 Å². The van der Waals surface area contributed by atoms with Crippen molar-refractivity contribution in [3.8, 4) is 11.5 Å². The molecule has 4 amide bonds. The van der Waals surface area contributed by atoms with Crippen molar-refractivity contribution in [3.05, 3.63) is 93.0 Å². The maximum absolute atomic E-state index is 13.1. The minimum Gasteiger partial charge on any atom is -0.493 e. The molecular formula is C26H18Cl2N2O7. The topological polar surface area (TPSA) is 122 Å². The molecule has 11 heteroatoms. The minimum atomic E-state index is -1.06. The molecule has 9 nitrogen and oxygen atoms in total. The molecular weight excluding hydrogens is 523 g/mol. The van der Waals surface area contributed by atoms with Crippen molar-refractivity contribution in [2.75, 3.05) is 12.0 Å². The number of hydrogen-bond acceptors (Lipinski definition) is 6. The zero-order valence-corrected chi connectivity index (χ0v) is 20.7. The fourth-order valence-electron chi connectivity index (χ4n) is 3.56. The monoisotopic (exact) mass is 540 g/mol. The van der Waals surface area contributed by atoms with Gasteiger partial charge in [-0.25, -0.2) is 14.5 Å². The van der Waals surface area contributed by atoms with Gasteiger partial charge in [0, 0.05) is 5.02 Å². The smallest absolute Gasteiger partial charge is 0.335 e. The van der Waals surface area contributed by atoms with Gasteiger partial charge in [0.25, 0.3) is 11.8 Å². The summed E-state index contributed by atoms with van der Waals surface area (Å²) in [6, 6.07) is 14.3. The maximum Gasteiger partial charge on any atom is 0.335 e. The Morgan fingerprint density at radius 1 is 1.05 bits per heavy atom. The summed E-state index contributed by atoms with van der Waals surface area (Å²) >= 11 is 12.3. The van der Waals surface area contributed by atoms with E-state index in [0.29, 0.717) is 16.1 Å². The van der Waals surface area contributed by atoms with Crippen molar-refractivity contribution in [3.63, 3.8) is 0 Å². The molecule has 0 atom stereocenters. The number of anilines is 1. The summed E-state index contributed by atoms with van der Waals surface area (Å²) in [5, 5.41) is 11.8. The zero-order chi connectivity index (χ0) is 26.7. The fraction of sp³-hybridized carbons (Fsp3) is 0.0769. The predicted molar refractivity (Wildman–Crippen MR) is 136 cm³/mol. The number of barbiturate groups is 1. The van der Waals surface area contributed by atoms with Gasteiger partial charge in [0.2, 0.25) is 0 Å². The summed E-state index contributed by atoms with van der Waals surface area (Å²) in [4.78, 5) is 50.0. The number of benzene rings is 3. The van der Waals surface area contributed by atoms with Crippen LogP contribution in [0.3, 0.4) is 0 Å². The second-order valence-corrected chi connectivity index (χ2v) is 8.61. The van der Waals surface area contributed by atoms with E-state index >= 15 is 0 Å². The number of hydrogen-bond donors (Lipinski definition) is 2. The lowest BCUT2D eigenvalue weighted by Crippen LogP contribution is -2.54. The number of nitrogens with one attached hydrogen (secondary N) is 1. The van der Waals surface area contributed by atoms with Crippen molar-refractivity contribution >= 4 is 58.8 Å². The lowest BCUT2D eigenvalue weighted by atomic mass is 10.1. The molecule has 1 fully saturated rings. The Kier molecular flexibility index (Phi) is 7.47. The van der Waals surface area contributed by atoms with Crippen LogP contribution in [0.5, 0.6) is 11.5 Å². The normalized spacial score (nSPS) is 14.5. The van der Waals surface area contributed by atoms with Crippen molar-refractivity contribution < 1.29 is 33.8 Å². The van der Waals surface area contributed by atoms with Gasteiger partial charge in [0.05, 0.1) is 23.4 Å². The molecule has 37 heavy (non-hydrogen) atoms. The zero-order valence-electron chi connectivity index (χ0n) is 19.2. The molecule has 1 aliphatic rings. The third-order valence-corrected chi connectivity index (χ3v) is 5.84. The first kappa shape index (κ1) is 25.7. The largest absolute Gasteiger partial charge is 0.493 e. The molecule has 188 valence electrons. The van der Waals surface area contributed by atoms with Crippen LogP contribution in [0.4, 0.5) is 10.5 Å². The van der Waals surface area contributed by atoms with Crippen LogP contribution in [0.2, 0.25) is 10.0 Å². The number of halogens is 2. The maximum atomic E-state index is 13.1. The molecule has 0 unspecified atom stereocenters. The van der Waals surface area contributed by atoms with Crippen LogP contribution in [0.25, 0.3) is 6.08 Å². The molecule has 3 aromatic rings. The minimum absolute atomic E-state index is 0.0106. The second kappa shape index (κ2) is 10.7. The molecule has 3 aromatic carbocycles. The fourth-order valence-corrected chi connectivity index (χ4v) is 3.96. The summed E-state index contributed by atoms with van der Waals surface area (Å²) in [6.07, 6.45) is 1.28. The summed E-state index contributed by atoms with van der Waals surface area (Å²) in [6.45, 7) is 0.0106. The van der Waals surface area contributed by atoms with Gasteiger partial charge in [-0.1, -0.05) is 35.3 Å². The van der Waals surface area contributed by atoms with Gasteiger partial charge in [-0.15, -0.1) is 0 Å². The third kappa shape index (κ3) is 5.58. The van der Waals surface area contributed by atoms with Crippen molar-refractivity contribution in [2.24, 2.45) is 0 Å². The van der Waals surface area contributed by atoms with E-state index in [1.165, 1.54) is 61.7 Å². The van der Waals surface area contributed by atoms with Gasteiger partial charge < -0.3 is 14.6 Å². The number of methoxy groups -OCH3 is 1. The molecule has 4 rings (SSSR count). The van der Waals surface area contributed by atoms with E-state index in [2.05, 4.69) is 5.32 Å². The van der Waals surface area contributed by atoms with E-state index in [4.69, 9.17) is 37.8 Å². The number of carbonyl (C=O) groups is 4. The van der Waals surface area contributed by atoms with E-state index in [0.717, 1.165) is 4.90 Å². The Morgan fingerprint density at radius 2 is 1.78 bits per heavy atom. The summed E-state index contributed by atoms with van der Waals surface area (Å²) < 4.78 is 11.2. The van der Waals surface area contributed by atoms with E-state index in [9.17, 15) is 19.2 Å². The predicted octanol–water partition coefficient (Wildman–Crippen LogP) is 4.95. The van der Waals surface area contributed by atoms with E-state index in [1.54, 1.807) is 12.1 Å². The van der Waals surface area contributed by atoms with Crippen molar-refractivity contribution in [1.29, 1.82) is 0 Å². The number of ether oxygens (including phenoxy) is 2. The Labute approximate surface area is 220 Å². The van der Waals surface area contributed by atoms with Crippen molar-refractivity contribution in [2.45, 2.75) is 6.61 Å². The highest BCUT2D eigenvalue weighted by molar-refractivity contribution is 6.39. The number of carbonyl (C=O) groups excluding carboxylic acids is 3. The molecule has 2 N–H and O–H groups in total. The summed E-state index contributed by atoms with van der Waals surface area (Å²) in [5.74, 6) is -2.36. The molecule has 1 heterocycles. The lowest BCUT2D eigenvalue weighted by molar-refractivity contribution is -0.122. The van der Waals surface area contributed by atoms with Crippen LogP contribution >= 0.6 is 23.2 Å². The second-order valence-electron chi connectivity index (χ2n) is 7.76. The van der Waals surface area contributed by atoms with Gasteiger partial charge in [-0.3, -0.25) is 14.9 Å². The molecule has 1 aliphatic heterocycles. The third-order valence-electron chi connectivity index (χ3n) is 5.31. The average molecular weight is 541 g/mol. The summed E-state index contributed by atoms with van der Waals surface area (Å²) in [7, 11) is 1.39. The van der Waals surface area contributed by atoms with E-state index in [-0.39, 0.29) is 40.0 Å². The lowest BCUT2D eigenvalue weighted by Gasteiger charge is -2.26. The Morgan fingerprint density at radius 3 is 2.46 bits per heavy atom. The van der Waals surface area contributed by atoms with E-state index in [1.807, 2.05) is 0 Å². The van der Waals surface area contributed by atoms with Crippen LogP contribution in [0.15, 0.2) is 66.2 Å². The van der Waals surface area contributed by atoms with E-state index < -0.39 is 23.8 Å². The molecule has 0 radical (unpaired) electrons. The van der Waals surface area contributed by atoms with Gasteiger partial charge in [-0.05, 0) is 65.7 Å². The Bertz CT molecular complexity index is 1450. The van der Waals surface area contributed by atoms with Crippen LogP contribution < -0.4 is 19.7 Å². The first-order chi connectivity index (χ1) is 17.7. The first-order valence-electron chi connectivity index (χ1n) is 10.7. The molecule has 0 saturated carbocycles. The number of aromatic carboxylic acids is 1. The van der Waals surface area contributed by atoms with Crippen LogP contribution in [0, 0.1) is 0 Å². The number of urea groups is 1. The molecule has 1 saturated heterocycles. The molecule has 0 aromatic heterocycles. The SMILES string of the molecule is COc1cc(/C=C2\C(=O)NC(=O)N(c3ccc(Cl)cc3)C2=O)cc(Cl)c1OCc1cccc(C(=O)O)c1.